The predicted octanol–water partition coefficient (Wildman–Crippen LogP) is 0.150. The van der Waals surface area contributed by atoms with Crippen molar-refractivity contribution in [3.8, 4) is 0 Å². The first-order valence-corrected chi connectivity index (χ1v) is 6.67. The van der Waals surface area contributed by atoms with Crippen molar-refractivity contribution in [3.63, 3.8) is 0 Å². The van der Waals surface area contributed by atoms with Crippen LogP contribution >= 0.6 is 11.8 Å². The van der Waals surface area contributed by atoms with E-state index in [1.165, 1.54) is 11.5 Å². The predicted molar refractivity (Wildman–Crippen MR) is 60.8 cm³/mol. The fourth-order valence-electron chi connectivity index (χ4n) is 2.23. The summed E-state index contributed by atoms with van der Waals surface area (Å²) >= 11 is 2.02. The maximum Gasteiger partial charge on any atom is 0.0798 e. The Morgan fingerprint density at radius 2 is 1.86 bits per heavy atom. The zero-order valence-corrected chi connectivity index (χ0v) is 9.48. The fourth-order valence-corrected chi connectivity index (χ4v) is 3.20. The minimum atomic E-state index is -0.409. The monoisotopic (exact) mass is 216 g/mol. The number of thioether (sulfide) groups is 1. The molecule has 0 unspecified atom stereocenters. The average Bonchev–Trinajstić information content (AvgIpc) is 2.19. The molecule has 0 saturated carbocycles. The van der Waals surface area contributed by atoms with Crippen LogP contribution in [0.1, 0.15) is 12.8 Å². The van der Waals surface area contributed by atoms with Gasteiger partial charge in [0, 0.05) is 31.1 Å². The Labute approximate surface area is 90.2 Å². The SMILES string of the molecule is OC1(CN2CCSCC2)CCNCC1. The molecule has 2 rings (SSSR count). The van der Waals surface area contributed by atoms with Crippen LogP contribution in [0.15, 0.2) is 0 Å². The van der Waals surface area contributed by atoms with Crippen molar-refractivity contribution in [2.24, 2.45) is 0 Å². The molecule has 0 aliphatic carbocycles. The Morgan fingerprint density at radius 3 is 2.50 bits per heavy atom. The Bertz CT molecular complexity index is 177. The summed E-state index contributed by atoms with van der Waals surface area (Å²) in [6.45, 7) is 5.13. The largest absolute Gasteiger partial charge is 0.388 e. The van der Waals surface area contributed by atoms with Crippen molar-refractivity contribution in [2.75, 3.05) is 44.2 Å². The minimum Gasteiger partial charge on any atom is -0.388 e. The van der Waals surface area contributed by atoms with Gasteiger partial charge in [-0.1, -0.05) is 0 Å². The number of hydrogen-bond donors (Lipinski definition) is 2. The molecule has 0 amide bonds. The third-order valence-electron chi connectivity index (χ3n) is 3.16. The van der Waals surface area contributed by atoms with Crippen molar-refractivity contribution in [3.05, 3.63) is 0 Å². The maximum atomic E-state index is 10.3. The topological polar surface area (TPSA) is 35.5 Å². The summed E-state index contributed by atoms with van der Waals surface area (Å²) in [4.78, 5) is 2.42. The average molecular weight is 216 g/mol. The van der Waals surface area contributed by atoms with E-state index >= 15 is 0 Å². The number of nitrogens with one attached hydrogen (secondary N) is 1. The van der Waals surface area contributed by atoms with Crippen molar-refractivity contribution in [2.45, 2.75) is 18.4 Å². The van der Waals surface area contributed by atoms with Crippen molar-refractivity contribution in [1.82, 2.24) is 10.2 Å². The van der Waals surface area contributed by atoms with Gasteiger partial charge in [-0.3, -0.25) is 4.90 Å². The second-order valence-corrected chi connectivity index (χ2v) is 5.59. The van der Waals surface area contributed by atoms with Gasteiger partial charge in [-0.15, -0.1) is 0 Å². The summed E-state index contributed by atoms with van der Waals surface area (Å²) in [5, 5.41) is 13.6. The van der Waals surface area contributed by atoms with Crippen LogP contribution in [-0.2, 0) is 0 Å². The van der Waals surface area contributed by atoms with E-state index in [4.69, 9.17) is 0 Å². The van der Waals surface area contributed by atoms with Gasteiger partial charge in [0.25, 0.3) is 0 Å². The number of hydrogen-bond acceptors (Lipinski definition) is 4. The highest BCUT2D eigenvalue weighted by atomic mass is 32.2. The van der Waals surface area contributed by atoms with E-state index in [9.17, 15) is 5.11 Å². The van der Waals surface area contributed by atoms with Crippen molar-refractivity contribution < 1.29 is 5.11 Å². The molecule has 3 nitrogen and oxygen atoms in total. The highest BCUT2D eigenvalue weighted by molar-refractivity contribution is 7.99. The molecule has 0 spiro atoms. The smallest absolute Gasteiger partial charge is 0.0798 e. The Kier molecular flexibility index (Phi) is 3.71. The third-order valence-corrected chi connectivity index (χ3v) is 4.10. The summed E-state index contributed by atoms with van der Waals surface area (Å²) in [6.07, 6.45) is 1.83. The lowest BCUT2D eigenvalue weighted by Crippen LogP contribution is -2.51. The van der Waals surface area contributed by atoms with Gasteiger partial charge in [-0.2, -0.15) is 11.8 Å². The van der Waals surface area contributed by atoms with Crippen LogP contribution in [0.2, 0.25) is 0 Å². The Balaban J connectivity index is 1.81. The first-order chi connectivity index (χ1) is 6.79. The zero-order chi connectivity index (χ0) is 9.86. The highest BCUT2D eigenvalue weighted by Gasteiger charge is 2.31. The molecule has 0 aromatic carbocycles. The lowest BCUT2D eigenvalue weighted by molar-refractivity contribution is -0.0187. The Morgan fingerprint density at radius 1 is 1.21 bits per heavy atom. The molecule has 82 valence electrons. The number of piperidine rings is 1. The van der Waals surface area contributed by atoms with E-state index in [1.807, 2.05) is 11.8 Å². The van der Waals surface area contributed by atoms with E-state index in [0.29, 0.717) is 0 Å². The molecule has 4 heteroatoms. The van der Waals surface area contributed by atoms with Gasteiger partial charge >= 0.3 is 0 Å². The quantitative estimate of drug-likeness (QED) is 0.689. The first-order valence-electron chi connectivity index (χ1n) is 5.52. The molecule has 2 aliphatic rings. The van der Waals surface area contributed by atoms with Crippen molar-refractivity contribution in [1.29, 1.82) is 0 Å². The van der Waals surface area contributed by atoms with Gasteiger partial charge in [0.05, 0.1) is 5.60 Å². The summed E-state index contributed by atoms with van der Waals surface area (Å²) in [6, 6.07) is 0. The van der Waals surface area contributed by atoms with Crippen LogP contribution in [0.25, 0.3) is 0 Å². The lowest BCUT2D eigenvalue weighted by Gasteiger charge is -2.38. The summed E-state index contributed by atoms with van der Waals surface area (Å²) in [5.41, 5.74) is -0.409. The molecule has 0 aromatic heterocycles. The molecule has 2 saturated heterocycles. The van der Waals surface area contributed by atoms with Gasteiger partial charge in [-0.25, -0.2) is 0 Å². The number of nitrogens with zero attached hydrogens (tertiary/aromatic N) is 1. The van der Waals surface area contributed by atoms with E-state index in [-0.39, 0.29) is 0 Å². The van der Waals surface area contributed by atoms with E-state index in [1.54, 1.807) is 0 Å². The van der Waals surface area contributed by atoms with Crippen LogP contribution in [0.5, 0.6) is 0 Å². The Hall–Kier alpha value is 0.230. The normalized spacial score (nSPS) is 28.9. The molecule has 0 aromatic rings. The molecule has 2 aliphatic heterocycles. The molecular weight excluding hydrogens is 196 g/mol. The molecular formula is C10H20N2OS. The zero-order valence-electron chi connectivity index (χ0n) is 8.67. The van der Waals surface area contributed by atoms with Crippen LogP contribution in [0, 0.1) is 0 Å². The highest BCUT2D eigenvalue weighted by Crippen LogP contribution is 2.21. The fraction of sp³-hybridized carbons (Fsp3) is 1.00. The van der Waals surface area contributed by atoms with Crippen LogP contribution < -0.4 is 5.32 Å². The summed E-state index contributed by atoms with van der Waals surface area (Å²) in [5.74, 6) is 2.46. The minimum absolute atomic E-state index is 0.409. The maximum absolute atomic E-state index is 10.3. The van der Waals surface area contributed by atoms with Gasteiger partial charge < -0.3 is 10.4 Å². The molecule has 14 heavy (non-hydrogen) atoms. The second kappa shape index (κ2) is 4.84. The van der Waals surface area contributed by atoms with E-state index in [0.717, 1.165) is 45.6 Å². The van der Waals surface area contributed by atoms with Crippen LogP contribution in [0.4, 0.5) is 0 Å². The van der Waals surface area contributed by atoms with Crippen LogP contribution in [0.3, 0.4) is 0 Å². The molecule has 0 bridgehead atoms. The van der Waals surface area contributed by atoms with Gasteiger partial charge in [-0.05, 0) is 25.9 Å². The number of β-amino-alcohol motifs (C(OH)–C–C–N with tert-alkyl or cyclic N) is 1. The second-order valence-electron chi connectivity index (χ2n) is 4.36. The third kappa shape index (κ3) is 2.86. The molecule has 2 heterocycles. The molecule has 2 N–H and O–H groups in total. The van der Waals surface area contributed by atoms with Crippen molar-refractivity contribution >= 4 is 11.8 Å². The van der Waals surface area contributed by atoms with E-state index < -0.39 is 5.60 Å². The number of rotatable bonds is 2. The molecule has 0 radical (unpaired) electrons. The summed E-state index contributed by atoms with van der Waals surface area (Å²) < 4.78 is 0. The van der Waals surface area contributed by atoms with Gasteiger partial charge in [0.2, 0.25) is 0 Å². The van der Waals surface area contributed by atoms with Gasteiger partial charge in [0.1, 0.15) is 0 Å². The standard InChI is InChI=1S/C10H20N2OS/c13-10(1-3-11-4-2-10)9-12-5-7-14-8-6-12/h11,13H,1-9H2. The molecule has 0 atom stereocenters. The molecule has 2 fully saturated rings. The lowest BCUT2D eigenvalue weighted by atomic mass is 9.92. The summed E-state index contributed by atoms with van der Waals surface area (Å²) in [7, 11) is 0. The van der Waals surface area contributed by atoms with E-state index in [2.05, 4.69) is 10.2 Å². The van der Waals surface area contributed by atoms with Crippen LogP contribution in [-0.4, -0.2) is 59.8 Å². The first kappa shape index (κ1) is 10.7. The van der Waals surface area contributed by atoms with Gasteiger partial charge in [0.15, 0.2) is 0 Å². The number of aliphatic hydroxyl groups is 1.